The van der Waals surface area contributed by atoms with E-state index in [9.17, 15) is 17.1 Å². The zero-order valence-electron chi connectivity index (χ0n) is 14.6. The SMILES string of the molecule is O=C(Nc1cc(Cl)ccc1Cl)C1CCCN1Cc1ccc(OS(=O)(=O)F)cc1. The van der Waals surface area contributed by atoms with Crippen molar-refractivity contribution in [2.45, 2.75) is 25.4 Å². The van der Waals surface area contributed by atoms with Crippen LogP contribution < -0.4 is 9.50 Å². The first-order chi connectivity index (χ1) is 13.2. The van der Waals surface area contributed by atoms with Crippen molar-refractivity contribution in [3.05, 3.63) is 58.1 Å². The van der Waals surface area contributed by atoms with Crippen molar-refractivity contribution in [2.75, 3.05) is 11.9 Å². The minimum atomic E-state index is -5.05. The Morgan fingerprint density at radius 3 is 2.61 bits per heavy atom. The number of halogens is 3. The summed E-state index contributed by atoms with van der Waals surface area (Å²) in [5, 5.41) is 3.69. The molecule has 2 aromatic carbocycles. The molecule has 28 heavy (non-hydrogen) atoms. The first-order valence-electron chi connectivity index (χ1n) is 8.44. The van der Waals surface area contributed by atoms with E-state index >= 15 is 0 Å². The molecule has 6 nitrogen and oxygen atoms in total. The van der Waals surface area contributed by atoms with Crippen molar-refractivity contribution in [2.24, 2.45) is 0 Å². The van der Waals surface area contributed by atoms with Gasteiger partial charge in [-0.15, -0.1) is 0 Å². The van der Waals surface area contributed by atoms with Crippen LogP contribution in [0.2, 0.25) is 10.0 Å². The van der Waals surface area contributed by atoms with Gasteiger partial charge in [-0.2, -0.15) is 8.42 Å². The molecule has 1 amide bonds. The van der Waals surface area contributed by atoms with E-state index in [1.165, 1.54) is 12.1 Å². The Labute approximate surface area is 172 Å². The van der Waals surface area contributed by atoms with Crippen LogP contribution in [0.4, 0.5) is 9.57 Å². The number of nitrogens with one attached hydrogen (secondary N) is 1. The molecular weight excluding hydrogens is 430 g/mol. The summed E-state index contributed by atoms with van der Waals surface area (Å²) in [6.45, 7) is 1.21. The Balaban J connectivity index is 1.65. The number of anilines is 1. The fraction of sp³-hybridized carbons (Fsp3) is 0.278. The van der Waals surface area contributed by atoms with Crippen LogP contribution in [0, 0.1) is 0 Å². The Morgan fingerprint density at radius 1 is 1.21 bits per heavy atom. The second-order valence-electron chi connectivity index (χ2n) is 6.36. The lowest BCUT2D eigenvalue weighted by molar-refractivity contribution is -0.120. The zero-order chi connectivity index (χ0) is 20.3. The second kappa shape index (κ2) is 8.65. The van der Waals surface area contributed by atoms with Gasteiger partial charge in [0.05, 0.1) is 16.8 Å². The first-order valence-corrected chi connectivity index (χ1v) is 10.5. The number of carbonyl (C=O) groups is 1. The lowest BCUT2D eigenvalue weighted by atomic mass is 10.1. The van der Waals surface area contributed by atoms with Gasteiger partial charge in [-0.3, -0.25) is 9.69 Å². The van der Waals surface area contributed by atoms with Crippen molar-refractivity contribution in [3.8, 4) is 5.75 Å². The summed E-state index contributed by atoms with van der Waals surface area (Å²) in [5.74, 6) is -0.289. The van der Waals surface area contributed by atoms with Crippen molar-refractivity contribution >= 4 is 45.3 Å². The number of rotatable bonds is 6. The van der Waals surface area contributed by atoms with Crippen LogP contribution >= 0.6 is 23.2 Å². The number of hydrogen-bond donors (Lipinski definition) is 1. The van der Waals surface area contributed by atoms with Gasteiger partial charge >= 0.3 is 10.5 Å². The molecule has 1 aliphatic rings. The maximum atomic E-state index is 12.7. The molecule has 3 rings (SSSR count). The average molecular weight is 447 g/mol. The third-order valence-electron chi connectivity index (χ3n) is 4.36. The van der Waals surface area contributed by atoms with Gasteiger partial charge in [0.15, 0.2) is 0 Å². The van der Waals surface area contributed by atoms with Crippen LogP contribution in [0.15, 0.2) is 42.5 Å². The highest BCUT2D eigenvalue weighted by Gasteiger charge is 2.31. The largest absolute Gasteiger partial charge is 0.488 e. The van der Waals surface area contributed by atoms with Crippen molar-refractivity contribution in [1.82, 2.24) is 4.90 Å². The normalized spacial score (nSPS) is 17.5. The Morgan fingerprint density at radius 2 is 1.93 bits per heavy atom. The predicted molar refractivity (Wildman–Crippen MR) is 106 cm³/mol. The van der Waals surface area contributed by atoms with Gasteiger partial charge in [-0.05, 0) is 55.3 Å². The molecule has 150 valence electrons. The van der Waals surface area contributed by atoms with Crippen LogP contribution in [0.25, 0.3) is 0 Å². The van der Waals surface area contributed by atoms with E-state index in [0.29, 0.717) is 28.7 Å². The lowest BCUT2D eigenvalue weighted by Gasteiger charge is -2.24. The molecule has 1 heterocycles. The van der Waals surface area contributed by atoms with E-state index in [4.69, 9.17) is 23.2 Å². The Hall–Kier alpha value is -1.87. The lowest BCUT2D eigenvalue weighted by Crippen LogP contribution is -2.39. The van der Waals surface area contributed by atoms with Gasteiger partial charge in [-0.25, -0.2) is 0 Å². The molecule has 0 aliphatic carbocycles. The van der Waals surface area contributed by atoms with Crippen LogP contribution in [0.1, 0.15) is 18.4 Å². The fourth-order valence-electron chi connectivity index (χ4n) is 3.12. The predicted octanol–water partition coefficient (Wildman–Crippen LogP) is 4.19. The summed E-state index contributed by atoms with van der Waals surface area (Å²) in [7, 11) is -5.05. The summed E-state index contributed by atoms with van der Waals surface area (Å²) in [6, 6.07) is 10.5. The van der Waals surface area contributed by atoms with Crippen LogP contribution in [-0.2, 0) is 21.8 Å². The molecule has 0 radical (unpaired) electrons. The molecule has 1 unspecified atom stereocenters. The zero-order valence-corrected chi connectivity index (χ0v) is 16.9. The molecule has 0 spiro atoms. The number of amides is 1. The fourth-order valence-corrected chi connectivity index (χ4v) is 3.80. The number of nitrogens with zero attached hydrogens (tertiary/aromatic N) is 1. The monoisotopic (exact) mass is 446 g/mol. The number of benzene rings is 2. The highest BCUT2D eigenvalue weighted by atomic mass is 35.5. The first kappa shape index (κ1) is 20.9. The van der Waals surface area contributed by atoms with E-state index in [2.05, 4.69) is 9.50 Å². The quantitative estimate of drug-likeness (QED) is 0.673. The van der Waals surface area contributed by atoms with Gasteiger partial charge in [0.25, 0.3) is 0 Å². The topological polar surface area (TPSA) is 75.7 Å². The minimum Gasteiger partial charge on any atom is -0.358 e. The van der Waals surface area contributed by atoms with Crippen molar-refractivity contribution in [1.29, 1.82) is 0 Å². The van der Waals surface area contributed by atoms with Crippen LogP contribution in [-0.4, -0.2) is 31.8 Å². The van der Waals surface area contributed by atoms with E-state index in [0.717, 1.165) is 18.5 Å². The van der Waals surface area contributed by atoms with E-state index in [1.54, 1.807) is 30.3 Å². The highest BCUT2D eigenvalue weighted by Crippen LogP contribution is 2.28. The van der Waals surface area contributed by atoms with Crippen molar-refractivity contribution in [3.63, 3.8) is 0 Å². The summed E-state index contributed by atoms with van der Waals surface area (Å²) < 4.78 is 37.8. The highest BCUT2D eigenvalue weighted by molar-refractivity contribution is 7.81. The van der Waals surface area contributed by atoms with Gasteiger partial charge in [0, 0.05) is 11.6 Å². The van der Waals surface area contributed by atoms with Crippen molar-refractivity contribution < 1.29 is 21.3 Å². The maximum Gasteiger partial charge on any atom is 0.488 e. The van der Waals surface area contributed by atoms with Crippen LogP contribution in [0.5, 0.6) is 5.75 Å². The maximum absolute atomic E-state index is 12.7. The minimum absolute atomic E-state index is 0.113. The smallest absolute Gasteiger partial charge is 0.358 e. The molecule has 1 fully saturated rings. The van der Waals surface area contributed by atoms with Gasteiger partial charge < -0.3 is 9.50 Å². The summed E-state index contributed by atoms with van der Waals surface area (Å²) in [6.07, 6.45) is 1.56. The summed E-state index contributed by atoms with van der Waals surface area (Å²) in [4.78, 5) is 14.7. The standard InChI is InChI=1S/C18H17Cl2FN2O4S/c19-13-5-8-15(20)16(10-13)22-18(24)17-2-1-9-23(17)11-12-3-6-14(7-4-12)27-28(21,25)26/h3-8,10,17H,1-2,9,11H2,(H,22,24). The van der Waals surface area contributed by atoms with Crippen LogP contribution in [0.3, 0.4) is 0 Å². The van der Waals surface area contributed by atoms with E-state index in [-0.39, 0.29) is 17.7 Å². The van der Waals surface area contributed by atoms with E-state index in [1.807, 2.05) is 4.90 Å². The third kappa shape index (κ3) is 5.57. The Kier molecular flexibility index (Phi) is 6.44. The average Bonchev–Trinajstić information content (AvgIpc) is 3.07. The molecule has 0 aromatic heterocycles. The second-order valence-corrected chi connectivity index (χ2v) is 8.16. The van der Waals surface area contributed by atoms with Gasteiger partial charge in [-0.1, -0.05) is 39.2 Å². The number of carbonyl (C=O) groups excluding carboxylic acids is 1. The summed E-state index contributed by atoms with van der Waals surface area (Å²) >= 11 is 12.1. The molecule has 0 bridgehead atoms. The molecule has 1 saturated heterocycles. The number of hydrogen-bond acceptors (Lipinski definition) is 5. The van der Waals surface area contributed by atoms with Gasteiger partial charge in [0.1, 0.15) is 5.75 Å². The van der Waals surface area contributed by atoms with E-state index < -0.39 is 10.5 Å². The molecule has 10 heteroatoms. The molecular formula is C18H17Cl2FN2O4S. The number of likely N-dealkylation sites (tertiary alicyclic amines) is 1. The van der Waals surface area contributed by atoms with Gasteiger partial charge in [0.2, 0.25) is 5.91 Å². The molecule has 2 aromatic rings. The summed E-state index contributed by atoms with van der Waals surface area (Å²) in [5.41, 5.74) is 1.30. The Bertz CT molecular complexity index is 970. The molecule has 1 N–H and O–H groups in total. The molecule has 0 saturated carbocycles. The molecule has 1 aliphatic heterocycles. The third-order valence-corrected chi connectivity index (χ3v) is 5.31. The molecule has 1 atom stereocenters.